The van der Waals surface area contributed by atoms with Gasteiger partial charge in [-0.1, -0.05) is 36.4 Å². The maximum absolute atomic E-state index is 12.7. The molecule has 0 atom stereocenters. The molecule has 3 aromatic rings. The van der Waals surface area contributed by atoms with E-state index < -0.39 is 17.8 Å². The van der Waals surface area contributed by atoms with E-state index in [-0.39, 0.29) is 11.1 Å². The lowest BCUT2D eigenvalue weighted by Crippen LogP contribution is -2.17. The normalized spacial score (nSPS) is 10.4. The van der Waals surface area contributed by atoms with Crippen LogP contribution in [0.15, 0.2) is 54.6 Å². The van der Waals surface area contributed by atoms with E-state index >= 15 is 0 Å². The lowest BCUT2D eigenvalue weighted by Gasteiger charge is -2.06. The number of benzene rings is 2. The van der Waals surface area contributed by atoms with Crippen LogP contribution in [0.4, 0.5) is 5.00 Å². The molecule has 0 aliphatic carbocycles. The number of hydrogen-bond acceptors (Lipinski definition) is 5. The fourth-order valence-corrected chi connectivity index (χ4v) is 4.22. The fraction of sp³-hybridized carbons (Fsp3) is 0.136. The number of ether oxygens (including phenoxy) is 1. The number of nitrogens with one attached hydrogen (secondary N) is 1. The molecule has 0 aliphatic rings. The third kappa shape index (κ3) is 4.52. The number of rotatable bonds is 6. The Labute approximate surface area is 172 Å². The number of esters is 1. The van der Waals surface area contributed by atoms with Gasteiger partial charge in [-0.15, -0.1) is 11.3 Å². The first-order chi connectivity index (χ1) is 13.9. The molecule has 6 nitrogen and oxygen atoms in total. The number of thiophene rings is 1. The summed E-state index contributed by atoms with van der Waals surface area (Å²) in [6.07, 6.45) is 0.630. The Morgan fingerprint density at radius 2 is 1.72 bits per heavy atom. The van der Waals surface area contributed by atoms with Crippen molar-refractivity contribution in [2.24, 2.45) is 5.73 Å². The van der Waals surface area contributed by atoms with Gasteiger partial charge < -0.3 is 15.8 Å². The van der Waals surface area contributed by atoms with Gasteiger partial charge in [0.25, 0.3) is 11.8 Å². The first-order valence-electron chi connectivity index (χ1n) is 8.86. The molecule has 3 rings (SSSR count). The molecule has 2 aromatic carbocycles. The zero-order valence-electron chi connectivity index (χ0n) is 16.0. The summed E-state index contributed by atoms with van der Waals surface area (Å²) in [6, 6.07) is 16.0. The predicted octanol–water partition coefficient (Wildman–Crippen LogP) is 3.79. The Hall–Kier alpha value is -3.45. The summed E-state index contributed by atoms with van der Waals surface area (Å²) in [6.45, 7) is 1.82. The minimum Gasteiger partial charge on any atom is -0.465 e. The van der Waals surface area contributed by atoms with E-state index in [4.69, 9.17) is 5.73 Å². The van der Waals surface area contributed by atoms with Crippen LogP contribution in [0.3, 0.4) is 0 Å². The van der Waals surface area contributed by atoms with Crippen molar-refractivity contribution in [1.29, 1.82) is 0 Å². The Morgan fingerprint density at radius 1 is 1.03 bits per heavy atom. The molecular formula is C22H20N2O4S. The van der Waals surface area contributed by atoms with Crippen LogP contribution in [-0.4, -0.2) is 24.9 Å². The first kappa shape index (κ1) is 20.3. The van der Waals surface area contributed by atoms with Gasteiger partial charge >= 0.3 is 5.97 Å². The topological polar surface area (TPSA) is 98.5 Å². The van der Waals surface area contributed by atoms with Crippen molar-refractivity contribution in [3.05, 3.63) is 87.3 Å². The highest BCUT2D eigenvalue weighted by atomic mass is 32.1. The van der Waals surface area contributed by atoms with Gasteiger partial charge in [-0.25, -0.2) is 4.79 Å². The third-order valence-electron chi connectivity index (χ3n) is 4.47. The molecule has 148 valence electrons. The maximum Gasteiger partial charge on any atom is 0.337 e. The SMILES string of the molecule is COC(=O)c1cccc(C(=O)Nc2sc(Cc3ccccc3)c(C)c2C(N)=O)c1. The van der Waals surface area contributed by atoms with Crippen LogP contribution in [0.2, 0.25) is 0 Å². The molecule has 0 bridgehead atoms. The van der Waals surface area contributed by atoms with Gasteiger partial charge in [0.1, 0.15) is 5.00 Å². The Morgan fingerprint density at radius 3 is 2.38 bits per heavy atom. The summed E-state index contributed by atoms with van der Waals surface area (Å²) in [4.78, 5) is 37.4. The molecule has 2 amide bonds. The molecule has 0 spiro atoms. The number of amides is 2. The summed E-state index contributed by atoms with van der Waals surface area (Å²) in [5.41, 5.74) is 8.27. The summed E-state index contributed by atoms with van der Waals surface area (Å²) < 4.78 is 4.69. The van der Waals surface area contributed by atoms with Gasteiger partial charge in [0.05, 0.1) is 18.2 Å². The van der Waals surface area contributed by atoms with Gasteiger partial charge in [-0.2, -0.15) is 0 Å². The van der Waals surface area contributed by atoms with E-state index in [9.17, 15) is 14.4 Å². The van der Waals surface area contributed by atoms with Crippen LogP contribution < -0.4 is 11.1 Å². The van der Waals surface area contributed by atoms with E-state index in [0.717, 1.165) is 16.0 Å². The summed E-state index contributed by atoms with van der Waals surface area (Å²) >= 11 is 1.32. The van der Waals surface area contributed by atoms with Crippen molar-refractivity contribution in [2.75, 3.05) is 12.4 Å². The molecule has 0 saturated heterocycles. The highest BCUT2D eigenvalue weighted by molar-refractivity contribution is 7.17. The van der Waals surface area contributed by atoms with Crippen LogP contribution in [-0.2, 0) is 11.2 Å². The Bertz CT molecular complexity index is 1070. The zero-order valence-corrected chi connectivity index (χ0v) is 16.8. The first-order valence-corrected chi connectivity index (χ1v) is 9.68. The number of carbonyl (C=O) groups is 3. The molecule has 1 heterocycles. The number of nitrogens with two attached hydrogens (primary N) is 1. The van der Waals surface area contributed by atoms with Crippen LogP contribution in [0.1, 0.15) is 47.1 Å². The number of carbonyl (C=O) groups excluding carboxylic acids is 3. The van der Waals surface area contributed by atoms with Crippen molar-refractivity contribution in [3.63, 3.8) is 0 Å². The second kappa shape index (κ2) is 8.70. The van der Waals surface area contributed by atoms with Crippen molar-refractivity contribution >= 4 is 34.1 Å². The zero-order chi connectivity index (χ0) is 21.0. The molecular weight excluding hydrogens is 388 g/mol. The van der Waals surface area contributed by atoms with E-state index in [1.54, 1.807) is 18.2 Å². The van der Waals surface area contributed by atoms with Crippen LogP contribution >= 0.6 is 11.3 Å². The monoisotopic (exact) mass is 408 g/mol. The summed E-state index contributed by atoms with van der Waals surface area (Å²) in [5, 5.41) is 3.16. The Kier molecular flexibility index (Phi) is 6.09. The second-order valence-corrected chi connectivity index (χ2v) is 7.51. The van der Waals surface area contributed by atoms with Crippen molar-refractivity contribution in [1.82, 2.24) is 0 Å². The maximum atomic E-state index is 12.7. The van der Waals surface area contributed by atoms with Gasteiger partial charge in [0.15, 0.2) is 0 Å². The smallest absolute Gasteiger partial charge is 0.337 e. The highest BCUT2D eigenvalue weighted by Crippen LogP contribution is 2.34. The minimum absolute atomic E-state index is 0.266. The van der Waals surface area contributed by atoms with Crippen LogP contribution in [0.5, 0.6) is 0 Å². The molecule has 0 saturated carbocycles. The quantitative estimate of drug-likeness (QED) is 0.606. The summed E-state index contributed by atoms with van der Waals surface area (Å²) in [5.74, 6) is -1.57. The molecule has 7 heteroatoms. The lowest BCUT2D eigenvalue weighted by molar-refractivity contribution is 0.0600. The molecule has 29 heavy (non-hydrogen) atoms. The van der Waals surface area contributed by atoms with E-state index in [0.29, 0.717) is 17.0 Å². The highest BCUT2D eigenvalue weighted by Gasteiger charge is 2.21. The van der Waals surface area contributed by atoms with Crippen LogP contribution in [0, 0.1) is 6.92 Å². The van der Waals surface area contributed by atoms with Gasteiger partial charge in [-0.3, -0.25) is 9.59 Å². The average Bonchev–Trinajstić information content (AvgIpc) is 3.03. The lowest BCUT2D eigenvalue weighted by atomic mass is 10.1. The molecule has 3 N–H and O–H groups in total. The number of hydrogen-bond donors (Lipinski definition) is 2. The van der Waals surface area contributed by atoms with E-state index in [2.05, 4.69) is 10.1 Å². The minimum atomic E-state index is -0.600. The Balaban J connectivity index is 1.90. The largest absolute Gasteiger partial charge is 0.465 e. The van der Waals surface area contributed by atoms with E-state index in [1.807, 2.05) is 37.3 Å². The molecule has 0 radical (unpaired) electrons. The molecule has 1 aromatic heterocycles. The van der Waals surface area contributed by atoms with E-state index in [1.165, 1.54) is 24.5 Å². The van der Waals surface area contributed by atoms with Crippen molar-refractivity contribution in [3.8, 4) is 0 Å². The van der Waals surface area contributed by atoms with Crippen molar-refractivity contribution < 1.29 is 19.1 Å². The second-order valence-electron chi connectivity index (χ2n) is 6.41. The van der Waals surface area contributed by atoms with Crippen molar-refractivity contribution in [2.45, 2.75) is 13.3 Å². The van der Waals surface area contributed by atoms with Gasteiger partial charge in [0, 0.05) is 16.9 Å². The van der Waals surface area contributed by atoms with Crippen LogP contribution in [0.25, 0.3) is 0 Å². The molecule has 0 aliphatic heterocycles. The number of anilines is 1. The third-order valence-corrected chi connectivity index (χ3v) is 5.68. The van der Waals surface area contributed by atoms with Gasteiger partial charge in [-0.05, 0) is 36.2 Å². The fourth-order valence-electron chi connectivity index (χ4n) is 2.98. The molecule has 0 fully saturated rings. The number of methoxy groups -OCH3 is 1. The predicted molar refractivity (Wildman–Crippen MR) is 113 cm³/mol. The molecule has 0 unspecified atom stereocenters. The summed E-state index contributed by atoms with van der Waals surface area (Å²) in [7, 11) is 1.27. The average molecular weight is 408 g/mol. The number of primary amides is 1. The standard InChI is InChI=1S/C22H20N2O4S/c1-13-17(11-14-7-4-3-5-8-14)29-21(18(13)19(23)25)24-20(26)15-9-6-10-16(12-15)22(27)28-2/h3-10,12H,11H2,1-2H3,(H2,23,25)(H,24,26). The van der Waals surface area contributed by atoms with Gasteiger partial charge in [0.2, 0.25) is 0 Å².